The second kappa shape index (κ2) is 8.94. The van der Waals surface area contributed by atoms with Crippen molar-refractivity contribution in [3.05, 3.63) is 33.3 Å². The van der Waals surface area contributed by atoms with Crippen LogP contribution in [0.15, 0.2) is 18.2 Å². The summed E-state index contributed by atoms with van der Waals surface area (Å²) in [6.07, 6.45) is 1.86. The number of hydrogen-bond acceptors (Lipinski definition) is 5. The van der Waals surface area contributed by atoms with Gasteiger partial charge < -0.3 is 10.6 Å². The number of nitro groups is 1. The van der Waals surface area contributed by atoms with Gasteiger partial charge in [-0.15, -0.1) is 0 Å². The number of piperidine rings is 1. The molecule has 0 radical (unpaired) electrons. The normalized spacial score (nSPS) is 16.2. The van der Waals surface area contributed by atoms with E-state index in [4.69, 9.17) is 23.8 Å². The van der Waals surface area contributed by atoms with Crippen molar-refractivity contribution < 1.29 is 13.3 Å². The molecule has 2 N–H and O–H groups in total. The average Bonchev–Trinajstić information content (AvgIpc) is 2.57. The van der Waals surface area contributed by atoms with Gasteiger partial charge in [-0.2, -0.15) is 0 Å². The van der Waals surface area contributed by atoms with Gasteiger partial charge >= 0.3 is 0 Å². The lowest BCUT2D eigenvalue weighted by Crippen LogP contribution is -2.47. The number of hydrogen-bond donors (Lipinski definition) is 2. The summed E-state index contributed by atoms with van der Waals surface area (Å²) in [5.74, 6) is 0.163. The van der Waals surface area contributed by atoms with Crippen LogP contribution in [0.25, 0.3) is 0 Å². The van der Waals surface area contributed by atoms with Gasteiger partial charge in [0.05, 0.1) is 21.4 Å². The number of nitro benzene ring substituents is 1. The van der Waals surface area contributed by atoms with Crippen molar-refractivity contribution in [1.29, 1.82) is 0 Å². The van der Waals surface area contributed by atoms with E-state index in [1.165, 1.54) is 22.5 Å². The van der Waals surface area contributed by atoms with Gasteiger partial charge in [-0.05, 0) is 37.5 Å². The largest absolute Gasteiger partial charge is 0.360 e. The Hall–Kier alpha value is -1.49. The second-order valence-electron chi connectivity index (χ2n) is 6.01. The van der Waals surface area contributed by atoms with Crippen molar-refractivity contribution in [1.82, 2.24) is 9.62 Å². The molecule has 1 heterocycles. The predicted octanol–water partition coefficient (Wildman–Crippen LogP) is 2.74. The summed E-state index contributed by atoms with van der Waals surface area (Å²) >= 11 is 11.3. The lowest BCUT2D eigenvalue weighted by atomic mass is 10.1. The molecule has 0 saturated carbocycles. The Kier molecular flexibility index (Phi) is 7.16. The summed E-state index contributed by atoms with van der Waals surface area (Å²) < 4.78 is 25.7. The summed E-state index contributed by atoms with van der Waals surface area (Å²) in [6.45, 7) is 2.73. The van der Waals surface area contributed by atoms with Crippen LogP contribution in [0.3, 0.4) is 0 Å². The van der Waals surface area contributed by atoms with Crippen molar-refractivity contribution in [2.75, 3.05) is 24.2 Å². The first-order valence-electron chi connectivity index (χ1n) is 8.22. The standard InChI is InChI=1S/C15H21ClN4O4S2/c1-2-9-26(23,24)19-7-5-11(6-8-19)17-15(25)18-14-10-12(20(21)22)3-4-13(14)16/h3-4,10-11H,2,5-9H2,1H3,(H2,17,18,25). The van der Waals surface area contributed by atoms with Crippen molar-refractivity contribution in [3.8, 4) is 0 Å². The molecule has 0 aromatic heterocycles. The third kappa shape index (κ3) is 5.50. The molecule has 8 nitrogen and oxygen atoms in total. The highest BCUT2D eigenvalue weighted by Crippen LogP contribution is 2.26. The number of sulfonamides is 1. The number of rotatable bonds is 6. The molecule has 1 aliphatic rings. The number of anilines is 1. The lowest BCUT2D eigenvalue weighted by molar-refractivity contribution is -0.384. The van der Waals surface area contributed by atoms with E-state index < -0.39 is 14.9 Å². The maximum atomic E-state index is 12.1. The fraction of sp³-hybridized carbons (Fsp3) is 0.533. The molecular formula is C15H21ClN4O4S2. The molecule has 1 aromatic rings. The molecule has 0 spiro atoms. The Labute approximate surface area is 163 Å². The van der Waals surface area contributed by atoms with E-state index in [2.05, 4.69) is 10.6 Å². The molecule has 2 rings (SSSR count). The van der Waals surface area contributed by atoms with E-state index >= 15 is 0 Å². The topological polar surface area (TPSA) is 105 Å². The molecule has 0 atom stereocenters. The monoisotopic (exact) mass is 420 g/mol. The summed E-state index contributed by atoms with van der Waals surface area (Å²) in [6, 6.07) is 4.09. The van der Waals surface area contributed by atoms with E-state index in [9.17, 15) is 18.5 Å². The van der Waals surface area contributed by atoms with Crippen molar-refractivity contribution in [2.24, 2.45) is 0 Å². The summed E-state index contributed by atoms with van der Waals surface area (Å²) in [5, 5.41) is 17.5. The third-order valence-electron chi connectivity index (χ3n) is 4.05. The van der Waals surface area contributed by atoms with Gasteiger partial charge in [-0.3, -0.25) is 10.1 Å². The fourth-order valence-corrected chi connectivity index (χ4v) is 4.71. The molecule has 26 heavy (non-hydrogen) atoms. The number of benzene rings is 1. The molecule has 1 aromatic carbocycles. The van der Waals surface area contributed by atoms with Crippen LogP contribution in [0.5, 0.6) is 0 Å². The van der Waals surface area contributed by atoms with E-state index in [1.54, 1.807) is 0 Å². The Bertz CT molecular complexity index is 780. The maximum Gasteiger partial charge on any atom is 0.271 e. The SMILES string of the molecule is CCCS(=O)(=O)N1CCC(NC(=S)Nc2cc([N+](=O)[O-])ccc2Cl)CC1. The molecule has 0 unspecified atom stereocenters. The first-order chi connectivity index (χ1) is 12.2. The molecular weight excluding hydrogens is 400 g/mol. The maximum absolute atomic E-state index is 12.1. The summed E-state index contributed by atoms with van der Waals surface area (Å²) in [4.78, 5) is 10.3. The molecule has 1 aliphatic heterocycles. The molecule has 1 fully saturated rings. The van der Waals surface area contributed by atoms with Crippen molar-refractivity contribution >= 4 is 50.3 Å². The number of nitrogens with zero attached hydrogens (tertiary/aromatic N) is 2. The molecule has 0 amide bonds. The van der Waals surface area contributed by atoms with E-state index in [-0.39, 0.29) is 17.5 Å². The van der Waals surface area contributed by atoms with Gasteiger partial charge in [0.2, 0.25) is 10.0 Å². The van der Waals surface area contributed by atoms with Crippen molar-refractivity contribution in [3.63, 3.8) is 0 Å². The average molecular weight is 421 g/mol. The predicted molar refractivity (Wildman–Crippen MR) is 106 cm³/mol. The zero-order valence-corrected chi connectivity index (χ0v) is 16.7. The van der Waals surface area contributed by atoms with Crippen LogP contribution < -0.4 is 10.6 Å². The van der Waals surface area contributed by atoms with Gasteiger partial charge in [-0.1, -0.05) is 18.5 Å². The van der Waals surface area contributed by atoms with Crippen LogP contribution in [-0.2, 0) is 10.0 Å². The summed E-state index contributed by atoms with van der Waals surface area (Å²) in [7, 11) is -3.18. The third-order valence-corrected chi connectivity index (χ3v) is 6.68. The molecule has 1 saturated heterocycles. The number of halogens is 1. The smallest absolute Gasteiger partial charge is 0.271 e. The Morgan fingerprint density at radius 2 is 2.08 bits per heavy atom. The highest BCUT2D eigenvalue weighted by Gasteiger charge is 2.27. The minimum absolute atomic E-state index is 0.0283. The first-order valence-corrected chi connectivity index (χ1v) is 10.6. The van der Waals surface area contributed by atoms with Crippen molar-refractivity contribution in [2.45, 2.75) is 32.2 Å². The quantitative estimate of drug-likeness (QED) is 0.414. The van der Waals surface area contributed by atoms with Gasteiger partial charge in [0, 0.05) is 31.3 Å². The van der Waals surface area contributed by atoms with Gasteiger partial charge in [0.15, 0.2) is 5.11 Å². The number of nitrogens with one attached hydrogen (secondary N) is 2. The summed E-state index contributed by atoms with van der Waals surface area (Å²) in [5.41, 5.74) is 0.260. The van der Waals surface area contributed by atoms with E-state index in [1.807, 2.05) is 6.92 Å². The van der Waals surface area contributed by atoms with Crippen LogP contribution in [0.4, 0.5) is 11.4 Å². The molecule has 11 heteroatoms. The van der Waals surface area contributed by atoms with Crippen LogP contribution in [0.2, 0.25) is 5.02 Å². The van der Waals surface area contributed by atoms with Crippen LogP contribution in [0, 0.1) is 10.1 Å². The Morgan fingerprint density at radius 3 is 2.65 bits per heavy atom. The first kappa shape index (κ1) is 20.8. The van der Waals surface area contributed by atoms with Crippen LogP contribution in [-0.4, -0.2) is 47.6 Å². The van der Waals surface area contributed by atoms with E-state index in [0.29, 0.717) is 48.2 Å². The molecule has 0 bridgehead atoms. The van der Waals surface area contributed by atoms with Gasteiger partial charge in [0.25, 0.3) is 5.69 Å². The highest BCUT2D eigenvalue weighted by atomic mass is 35.5. The zero-order valence-electron chi connectivity index (χ0n) is 14.3. The fourth-order valence-electron chi connectivity index (χ4n) is 2.73. The Morgan fingerprint density at radius 1 is 1.42 bits per heavy atom. The highest BCUT2D eigenvalue weighted by molar-refractivity contribution is 7.89. The minimum atomic E-state index is -3.18. The van der Waals surface area contributed by atoms with Crippen LogP contribution in [0.1, 0.15) is 26.2 Å². The second-order valence-corrected chi connectivity index (χ2v) is 8.91. The minimum Gasteiger partial charge on any atom is -0.360 e. The molecule has 144 valence electrons. The van der Waals surface area contributed by atoms with Gasteiger partial charge in [0.1, 0.15) is 0 Å². The Balaban J connectivity index is 1.90. The lowest BCUT2D eigenvalue weighted by Gasteiger charge is -2.32. The van der Waals surface area contributed by atoms with Crippen LogP contribution >= 0.6 is 23.8 Å². The zero-order chi connectivity index (χ0) is 19.3. The molecule has 0 aliphatic carbocycles. The van der Waals surface area contributed by atoms with E-state index in [0.717, 1.165) is 0 Å². The number of non-ortho nitro benzene ring substituents is 1. The number of thiocarbonyl (C=S) groups is 1. The van der Waals surface area contributed by atoms with Gasteiger partial charge in [-0.25, -0.2) is 12.7 Å².